The van der Waals surface area contributed by atoms with E-state index < -0.39 is 11.4 Å². The second-order valence-corrected chi connectivity index (χ2v) is 4.41. The van der Waals surface area contributed by atoms with Gasteiger partial charge in [0.2, 0.25) is 0 Å². The Hall–Kier alpha value is -0.110. The van der Waals surface area contributed by atoms with Gasteiger partial charge in [-0.05, 0) is 44.0 Å². The normalized spacial score (nSPS) is 12.5. The number of nitrogens with two attached hydrogens (primary N) is 1. The van der Waals surface area contributed by atoms with Gasteiger partial charge in [-0.3, -0.25) is 4.55 Å². The van der Waals surface area contributed by atoms with Crippen LogP contribution >= 0.6 is 31.9 Å². The van der Waals surface area contributed by atoms with Crippen LogP contribution in [0.1, 0.15) is 0 Å². The van der Waals surface area contributed by atoms with Crippen molar-refractivity contribution in [2.75, 3.05) is 5.73 Å². The molecular formula is C6H5Br2NO3S. The molecule has 0 aromatic heterocycles. The molecule has 0 bridgehead atoms. The van der Waals surface area contributed by atoms with Crippen molar-refractivity contribution in [3.63, 3.8) is 0 Å². The molecule has 7 heteroatoms. The van der Waals surface area contributed by atoms with E-state index in [0.717, 1.165) is 0 Å². The zero-order valence-electron chi connectivity index (χ0n) is 6.16. The first-order chi connectivity index (χ1) is 6.00. The van der Waals surface area contributed by atoms with Crippen molar-refractivity contribution in [2.24, 2.45) is 0 Å². The predicted octanol–water partition coefficient (Wildman–Crippen LogP) is 2.31. The average Bonchev–Trinajstić information content (AvgIpc) is 1.99. The van der Waals surface area contributed by atoms with E-state index >= 15 is 0 Å². The maximum atomic E-state index is 10.3. The summed E-state index contributed by atoms with van der Waals surface area (Å²) in [6.07, 6.45) is 0. The van der Waals surface area contributed by atoms with E-state index in [1.54, 1.807) is 6.07 Å². The number of rotatable bonds is 2. The molecule has 1 rings (SSSR count). The van der Waals surface area contributed by atoms with Gasteiger partial charge in [-0.1, -0.05) is 0 Å². The van der Waals surface area contributed by atoms with E-state index in [-0.39, 0.29) is 5.75 Å². The third-order valence-corrected chi connectivity index (χ3v) is 2.84. The summed E-state index contributed by atoms with van der Waals surface area (Å²) in [6, 6.07) is 3.08. The molecule has 0 radical (unpaired) electrons. The van der Waals surface area contributed by atoms with Crippen LogP contribution in [0.5, 0.6) is 5.75 Å². The molecule has 1 atom stereocenters. The fourth-order valence-electron chi connectivity index (χ4n) is 0.685. The van der Waals surface area contributed by atoms with Crippen LogP contribution in [-0.4, -0.2) is 8.76 Å². The Morgan fingerprint density at radius 1 is 1.38 bits per heavy atom. The standard InChI is InChI=1S/C6H5Br2NO3S/c7-3-2-6(12-13(10)11)4(8)1-5(3)9/h1-2H,9H2,(H,10,11). The molecular weight excluding hydrogens is 326 g/mol. The van der Waals surface area contributed by atoms with Crippen molar-refractivity contribution in [3.8, 4) is 5.75 Å². The van der Waals surface area contributed by atoms with E-state index in [9.17, 15) is 4.21 Å². The molecule has 1 unspecified atom stereocenters. The first kappa shape index (κ1) is 11.0. The first-order valence-corrected chi connectivity index (χ1v) is 5.66. The van der Waals surface area contributed by atoms with Crippen LogP contribution < -0.4 is 9.92 Å². The van der Waals surface area contributed by atoms with Gasteiger partial charge in [0, 0.05) is 10.2 Å². The highest BCUT2D eigenvalue weighted by Gasteiger charge is 2.07. The number of halogens is 2. The monoisotopic (exact) mass is 329 g/mol. The third-order valence-electron chi connectivity index (χ3n) is 1.21. The van der Waals surface area contributed by atoms with E-state index in [1.165, 1.54) is 6.07 Å². The zero-order valence-corrected chi connectivity index (χ0v) is 10.1. The molecule has 0 saturated heterocycles. The number of nitrogen functional groups attached to an aromatic ring is 1. The third kappa shape index (κ3) is 2.94. The molecule has 4 nitrogen and oxygen atoms in total. The molecule has 72 valence electrons. The molecule has 0 aliphatic rings. The van der Waals surface area contributed by atoms with Gasteiger partial charge in [0.1, 0.15) is 0 Å². The lowest BCUT2D eigenvalue weighted by atomic mass is 10.3. The van der Waals surface area contributed by atoms with Gasteiger partial charge >= 0.3 is 11.4 Å². The summed E-state index contributed by atoms with van der Waals surface area (Å²) in [5.74, 6) is 0.252. The maximum Gasteiger partial charge on any atom is 0.357 e. The maximum absolute atomic E-state index is 10.3. The van der Waals surface area contributed by atoms with Crippen molar-refractivity contribution in [1.82, 2.24) is 0 Å². The molecule has 1 aromatic carbocycles. The smallest absolute Gasteiger partial charge is 0.357 e. The Kier molecular flexibility index (Phi) is 3.72. The summed E-state index contributed by atoms with van der Waals surface area (Å²) < 4.78 is 24.5. The van der Waals surface area contributed by atoms with Gasteiger partial charge in [-0.25, -0.2) is 0 Å². The lowest BCUT2D eigenvalue weighted by Gasteiger charge is -2.05. The highest BCUT2D eigenvalue weighted by atomic mass is 79.9. The molecule has 13 heavy (non-hydrogen) atoms. The summed E-state index contributed by atoms with van der Waals surface area (Å²) in [5.41, 5.74) is 6.07. The number of benzene rings is 1. The van der Waals surface area contributed by atoms with Gasteiger partial charge < -0.3 is 9.92 Å². The lowest BCUT2D eigenvalue weighted by molar-refractivity contribution is 0.456. The average molecular weight is 331 g/mol. The van der Waals surface area contributed by atoms with Crippen LogP contribution in [0.3, 0.4) is 0 Å². The number of anilines is 1. The summed E-state index contributed by atoms with van der Waals surface area (Å²) in [4.78, 5) is 0. The molecule has 0 fully saturated rings. The van der Waals surface area contributed by atoms with Crippen molar-refractivity contribution in [2.45, 2.75) is 0 Å². The highest BCUT2D eigenvalue weighted by Crippen LogP contribution is 2.33. The molecule has 0 aliphatic carbocycles. The van der Waals surface area contributed by atoms with Crippen LogP contribution in [0.4, 0.5) is 5.69 Å². The van der Waals surface area contributed by atoms with E-state index in [1.807, 2.05) is 0 Å². The van der Waals surface area contributed by atoms with Crippen LogP contribution in [0.25, 0.3) is 0 Å². The molecule has 0 spiro atoms. The SMILES string of the molecule is Nc1cc(Br)c(OS(=O)O)cc1Br. The van der Waals surface area contributed by atoms with E-state index in [0.29, 0.717) is 14.6 Å². The Bertz CT molecular complexity index is 358. The summed E-state index contributed by atoms with van der Waals surface area (Å²) in [5, 5.41) is 0. The zero-order chi connectivity index (χ0) is 10.0. The van der Waals surface area contributed by atoms with Crippen LogP contribution in [0.2, 0.25) is 0 Å². The summed E-state index contributed by atoms with van der Waals surface area (Å²) in [7, 11) is 0. The van der Waals surface area contributed by atoms with E-state index in [2.05, 4.69) is 36.0 Å². The van der Waals surface area contributed by atoms with Gasteiger partial charge in [-0.2, -0.15) is 4.21 Å². The van der Waals surface area contributed by atoms with Crippen molar-refractivity contribution in [1.29, 1.82) is 0 Å². The Labute approximate surface area is 94.2 Å². The van der Waals surface area contributed by atoms with Gasteiger partial charge in [0.05, 0.1) is 4.47 Å². The molecule has 0 aliphatic heterocycles. The van der Waals surface area contributed by atoms with Gasteiger partial charge in [0.25, 0.3) is 0 Å². The second kappa shape index (κ2) is 4.41. The van der Waals surface area contributed by atoms with Crippen LogP contribution in [-0.2, 0) is 11.4 Å². The molecule has 0 amide bonds. The first-order valence-electron chi connectivity index (χ1n) is 3.04. The van der Waals surface area contributed by atoms with Crippen molar-refractivity contribution >= 4 is 48.9 Å². The largest absolute Gasteiger partial charge is 0.398 e. The lowest BCUT2D eigenvalue weighted by Crippen LogP contribution is -1.99. The van der Waals surface area contributed by atoms with Gasteiger partial charge in [-0.15, -0.1) is 0 Å². The Morgan fingerprint density at radius 2 is 2.00 bits per heavy atom. The quantitative estimate of drug-likeness (QED) is 0.644. The van der Waals surface area contributed by atoms with Gasteiger partial charge in [0.15, 0.2) is 5.75 Å². The predicted molar refractivity (Wildman–Crippen MR) is 57.7 cm³/mol. The fourth-order valence-corrected chi connectivity index (χ4v) is 1.85. The van der Waals surface area contributed by atoms with Crippen LogP contribution in [0.15, 0.2) is 21.1 Å². The molecule has 0 heterocycles. The molecule has 0 saturated carbocycles. The minimum atomic E-state index is -2.33. The number of hydrogen-bond donors (Lipinski definition) is 2. The fraction of sp³-hybridized carbons (Fsp3) is 0. The second-order valence-electron chi connectivity index (χ2n) is 2.10. The Balaban J connectivity index is 3.08. The number of hydrogen-bond acceptors (Lipinski definition) is 3. The summed E-state index contributed by atoms with van der Waals surface area (Å²) in [6.45, 7) is 0. The molecule has 3 N–H and O–H groups in total. The van der Waals surface area contributed by atoms with E-state index in [4.69, 9.17) is 10.3 Å². The highest BCUT2D eigenvalue weighted by molar-refractivity contribution is 9.11. The summed E-state index contributed by atoms with van der Waals surface area (Å²) >= 11 is 3.97. The van der Waals surface area contributed by atoms with Crippen LogP contribution in [0, 0.1) is 0 Å². The molecule has 1 aromatic rings. The minimum Gasteiger partial charge on any atom is -0.398 e. The topological polar surface area (TPSA) is 72.5 Å². The van der Waals surface area contributed by atoms with Crippen molar-refractivity contribution in [3.05, 3.63) is 21.1 Å². The minimum absolute atomic E-state index is 0.252. The Morgan fingerprint density at radius 3 is 2.54 bits per heavy atom. The van der Waals surface area contributed by atoms with Crippen molar-refractivity contribution < 1.29 is 12.9 Å².